The number of hydrogen-bond acceptors (Lipinski definition) is 3. The van der Waals surface area contributed by atoms with Gasteiger partial charge in [-0.1, -0.05) is 18.2 Å². The first-order chi connectivity index (χ1) is 11.7. The highest BCUT2D eigenvalue weighted by Gasteiger charge is 2.27. The van der Waals surface area contributed by atoms with E-state index in [1.54, 1.807) is 13.2 Å². The summed E-state index contributed by atoms with van der Waals surface area (Å²) >= 11 is 0. The molecule has 2 rings (SSSR count). The van der Waals surface area contributed by atoms with Crippen LogP contribution in [0.1, 0.15) is 23.6 Å². The Labute approximate surface area is 145 Å². The molecule has 0 spiro atoms. The Kier molecular flexibility index (Phi) is 5.74. The topological polar surface area (TPSA) is 58.6 Å². The minimum atomic E-state index is -1.65. The molecule has 0 saturated carbocycles. The standard InChI is InChI=1S/C19H21F2NO3/c1-12-4-5-13(8-17(12)25-3)9-18(23)22-11-19(2,24)15-7-6-14(20)10-16(15)21/h4-8,10,24H,9,11H2,1-3H3,(H,22,23)/t19-/m1/s1. The van der Waals surface area contributed by atoms with E-state index in [0.29, 0.717) is 11.8 Å². The van der Waals surface area contributed by atoms with E-state index in [-0.39, 0.29) is 24.4 Å². The summed E-state index contributed by atoms with van der Waals surface area (Å²) < 4.78 is 32.0. The zero-order valence-corrected chi connectivity index (χ0v) is 14.4. The molecule has 25 heavy (non-hydrogen) atoms. The highest BCUT2D eigenvalue weighted by atomic mass is 19.1. The van der Waals surface area contributed by atoms with Crippen molar-refractivity contribution < 1.29 is 23.4 Å². The molecule has 0 aromatic heterocycles. The van der Waals surface area contributed by atoms with Gasteiger partial charge in [0.2, 0.25) is 5.91 Å². The summed E-state index contributed by atoms with van der Waals surface area (Å²) in [7, 11) is 1.56. The summed E-state index contributed by atoms with van der Waals surface area (Å²) in [6, 6.07) is 8.37. The van der Waals surface area contributed by atoms with Gasteiger partial charge in [0.05, 0.1) is 20.1 Å². The van der Waals surface area contributed by atoms with Gasteiger partial charge in [-0.2, -0.15) is 0 Å². The molecular weight excluding hydrogens is 328 g/mol. The maximum atomic E-state index is 13.8. The second-order valence-electron chi connectivity index (χ2n) is 6.16. The van der Waals surface area contributed by atoms with Gasteiger partial charge < -0.3 is 15.2 Å². The lowest BCUT2D eigenvalue weighted by Gasteiger charge is -2.24. The Bertz CT molecular complexity index is 775. The van der Waals surface area contributed by atoms with Crippen LogP contribution in [0.15, 0.2) is 36.4 Å². The number of aryl methyl sites for hydroxylation is 1. The second kappa shape index (κ2) is 7.61. The lowest BCUT2D eigenvalue weighted by atomic mass is 9.95. The predicted molar refractivity (Wildman–Crippen MR) is 90.4 cm³/mol. The third kappa shape index (κ3) is 4.76. The molecule has 0 aliphatic carbocycles. The van der Waals surface area contributed by atoms with Crippen LogP contribution in [0.2, 0.25) is 0 Å². The second-order valence-corrected chi connectivity index (χ2v) is 6.16. The van der Waals surface area contributed by atoms with Crippen LogP contribution in [0.5, 0.6) is 5.75 Å². The SMILES string of the molecule is COc1cc(CC(=O)NC[C@@](C)(O)c2ccc(F)cc2F)ccc1C. The molecule has 0 saturated heterocycles. The number of rotatable bonds is 6. The van der Waals surface area contributed by atoms with Gasteiger partial charge in [0.25, 0.3) is 0 Å². The molecule has 0 fully saturated rings. The normalized spacial score (nSPS) is 13.2. The van der Waals surface area contributed by atoms with Crippen molar-refractivity contribution in [2.45, 2.75) is 25.9 Å². The molecule has 0 aliphatic rings. The molecule has 2 aromatic rings. The minimum Gasteiger partial charge on any atom is -0.496 e. The predicted octanol–water partition coefficient (Wildman–Crippen LogP) is 2.85. The fraction of sp³-hybridized carbons (Fsp3) is 0.316. The number of carbonyl (C=O) groups excluding carboxylic acids is 1. The van der Waals surface area contributed by atoms with Crippen LogP contribution in [0, 0.1) is 18.6 Å². The zero-order chi connectivity index (χ0) is 18.6. The third-order valence-electron chi connectivity index (χ3n) is 3.98. The van der Waals surface area contributed by atoms with E-state index in [1.165, 1.54) is 13.0 Å². The highest BCUT2D eigenvalue weighted by Crippen LogP contribution is 2.24. The molecule has 0 heterocycles. The first-order valence-electron chi connectivity index (χ1n) is 7.81. The minimum absolute atomic E-state index is 0.0776. The molecule has 1 atom stereocenters. The maximum absolute atomic E-state index is 13.8. The average molecular weight is 349 g/mol. The Morgan fingerprint density at radius 1 is 1.24 bits per heavy atom. The van der Waals surface area contributed by atoms with Gasteiger partial charge in [-0.15, -0.1) is 0 Å². The van der Waals surface area contributed by atoms with Gasteiger partial charge in [-0.3, -0.25) is 4.79 Å². The number of ether oxygens (including phenoxy) is 1. The van der Waals surface area contributed by atoms with Crippen LogP contribution in [0.3, 0.4) is 0 Å². The lowest BCUT2D eigenvalue weighted by molar-refractivity contribution is -0.121. The number of aliphatic hydroxyl groups is 1. The molecular formula is C19H21F2NO3. The summed E-state index contributed by atoms with van der Waals surface area (Å²) in [4.78, 5) is 12.1. The van der Waals surface area contributed by atoms with Crippen molar-refractivity contribution in [1.29, 1.82) is 0 Å². The summed E-state index contributed by atoms with van der Waals surface area (Å²) in [5, 5.41) is 13.0. The number of hydrogen-bond donors (Lipinski definition) is 2. The van der Waals surface area contributed by atoms with Gasteiger partial charge in [0.15, 0.2) is 0 Å². The van der Waals surface area contributed by atoms with Crippen molar-refractivity contribution in [2.24, 2.45) is 0 Å². The number of benzene rings is 2. The van der Waals surface area contributed by atoms with Crippen molar-refractivity contribution in [3.63, 3.8) is 0 Å². The van der Waals surface area contributed by atoms with Crippen molar-refractivity contribution in [3.05, 3.63) is 64.7 Å². The number of nitrogens with one attached hydrogen (secondary N) is 1. The fourth-order valence-corrected chi connectivity index (χ4v) is 2.51. The average Bonchev–Trinajstić information content (AvgIpc) is 2.54. The first-order valence-corrected chi connectivity index (χ1v) is 7.81. The van der Waals surface area contributed by atoms with E-state index in [0.717, 1.165) is 17.2 Å². The van der Waals surface area contributed by atoms with Gasteiger partial charge in [-0.25, -0.2) is 8.78 Å². The third-order valence-corrected chi connectivity index (χ3v) is 3.98. The first kappa shape index (κ1) is 18.9. The number of carbonyl (C=O) groups is 1. The maximum Gasteiger partial charge on any atom is 0.224 e. The van der Waals surface area contributed by atoms with Crippen molar-refractivity contribution >= 4 is 5.91 Å². The van der Waals surface area contributed by atoms with Crippen LogP contribution < -0.4 is 10.1 Å². The van der Waals surface area contributed by atoms with Crippen LogP contribution in [-0.2, 0) is 16.8 Å². The molecule has 0 aliphatic heterocycles. The molecule has 1 amide bonds. The molecule has 0 bridgehead atoms. The molecule has 2 aromatic carbocycles. The summed E-state index contributed by atoms with van der Waals surface area (Å²) in [5.41, 5.74) is -0.0153. The largest absolute Gasteiger partial charge is 0.496 e. The Morgan fingerprint density at radius 2 is 1.96 bits per heavy atom. The molecule has 2 N–H and O–H groups in total. The van der Waals surface area contributed by atoms with Gasteiger partial charge in [0, 0.05) is 11.6 Å². The quantitative estimate of drug-likeness (QED) is 0.843. The Hall–Kier alpha value is -2.47. The molecule has 0 unspecified atom stereocenters. The summed E-state index contributed by atoms with van der Waals surface area (Å²) in [5.74, 6) is -1.23. The fourth-order valence-electron chi connectivity index (χ4n) is 2.51. The molecule has 134 valence electrons. The summed E-state index contributed by atoms with van der Waals surface area (Å²) in [6.07, 6.45) is 0.0959. The van der Waals surface area contributed by atoms with Crippen LogP contribution in [-0.4, -0.2) is 24.7 Å². The van der Waals surface area contributed by atoms with Crippen molar-refractivity contribution in [3.8, 4) is 5.75 Å². The highest BCUT2D eigenvalue weighted by molar-refractivity contribution is 5.78. The van der Waals surface area contributed by atoms with E-state index >= 15 is 0 Å². The Morgan fingerprint density at radius 3 is 2.60 bits per heavy atom. The molecule has 4 nitrogen and oxygen atoms in total. The van der Waals surface area contributed by atoms with Crippen LogP contribution >= 0.6 is 0 Å². The number of amides is 1. The van der Waals surface area contributed by atoms with Gasteiger partial charge in [-0.05, 0) is 37.1 Å². The molecule has 0 radical (unpaired) electrons. The molecule has 6 heteroatoms. The summed E-state index contributed by atoms with van der Waals surface area (Å²) in [6.45, 7) is 3.06. The van der Waals surface area contributed by atoms with Crippen molar-refractivity contribution in [1.82, 2.24) is 5.32 Å². The van der Waals surface area contributed by atoms with E-state index in [9.17, 15) is 18.7 Å². The number of halogens is 2. The monoisotopic (exact) mass is 349 g/mol. The van der Waals surface area contributed by atoms with E-state index in [4.69, 9.17) is 4.74 Å². The number of methoxy groups -OCH3 is 1. The van der Waals surface area contributed by atoms with E-state index in [1.807, 2.05) is 19.1 Å². The zero-order valence-electron chi connectivity index (χ0n) is 14.4. The van der Waals surface area contributed by atoms with Crippen molar-refractivity contribution in [2.75, 3.05) is 13.7 Å². The van der Waals surface area contributed by atoms with E-state index < -0.39 is 17.2 Å². The Balaban J connectivity index is 2.01. The van der Waals surface area contributed by atoms with Gasteiger partial charge in [0.1, 0.15) is 23.0 Å². The smallest absolute Gasteiger partial charge is 0.224 e. The van der Waals surface area contributed by atoms with Crippen LogP contribution in [0.25, 0.3) is 0 Å². The van der Waals surface area contributed by atoms with Crippen LogP contribution in [0.4, 0.5) is 8.78 Å². The van der Waals surface area contributed by atoms with Gasteiger partial charge >= 0.3 is 0 Å². The lowest BCUT2D eigenvalue weighted by Crippen LogP contribution is -2.39. The van der Waals surface area contributed by atoms with E-state index in [2.05, 4.69) is 5.32 Å².